The van der Waals surface area contributed by atoms with E-state index in [-0.39, 0.29) is 5.91 Å². The summed E-state index contributed by atoms with van der Waals surface area (Å²) in [6.07, 6.45) is 3.49. The molecule has 0 spiro atoms. The molecule has 0 saturated carbocycles. The second-order valence-corrected chi connectivity index (χ2v) is 5.04. The van der Waals surface area contributed by atoms with Crippen LogP contribution in [-0.4, -0.2) is 43.2 Å². The van der Waals surface area contributed by atoms with Gasteiger partial charge in [0.05, 0.1) is 5.69 Å². The lowest BCUT2D eigenvalue weighted by Gasteiger charge is -2.36. The van der Waals surface area contributed by atoms with Gasteiger partial charge in [0.25, 0.3) is 0 Å². The summed E-state index contributed by atoms with van der Waals surface area (Å²) in [7, 11) is 0. The molecule has 1 aromatic rings. The highest BCUT2D eigenvalue weighted by Gasteiger charge is 2.20. The quantitative estimate of drug-likeness (QED) is 0.616. The summed E-state index contributed by atoms with van der Waals surface area (Å²) in [6.45, 7) is 6.85. The minimum atomic E-state index is 0.0350. The Balaban J connectivity index is 2.05. The van der Waals surface area contributed by atoms with E-state index in [9.17, 15) is 4.79 Å². The Morgan fingerprint density at radius 3 is 2.56 bits per heavy atom. The van der Waals surface area contributed by atoms with Crippen LogP contribution in [0.2, 0.25) is 0 Å². The van der Waals surface area contributed by atoms with E-state index in [0.717, 1.165) is 26.2 Å². The number of thioether (sulfide) groups is 1. The highest BCUT2D eigenvalue weighted by atomic mass is 32.2. The lowest BCUT2D eigenvalue weighted by atomic mass is 10.2. The monoisotopic (exact) mass is 262 g/mol. The predicted molar refractivity (Wildman–Crippen MR) is 77.2 cm³/mol. The lowest BCUT2D eigenvalue weighted by molar-refractivity contribution is -0.126. The van der Waals surface area contributed by atoms with Crippen LogP contribution in [0.1, 0.15) is 0 Å². The maximum atomic E-state index is 11.5. The van der Waals surface area contributed by atoms with Crippen LogP contribution < -0.4 is 4.90 Å². The zero-order chi connectivity index (χ0) is 13.0. The molecule has 0 N–H and O–H groups in total. The summed E-state index contributed by atoms with van der Waals surface area (Å²) in [6, 6.07) is 8.42. The predicted octanol–water partition coefficient (Wildman–Crippen LogP) is 2.24. The van der Waals surface area contributed by atoms with Crippen LogP contribution in [0, 0.1) is 0 Å². The molecule has 96 valence electrons. The molecule has 0 bridgehead atoms. The van der Waals surface area contributed by atoms with Crippen LogP contribution in [0.4, 0.5) is 5.69 Å². The van der Waals surface area contributed by atoms with Gasteiger partial charge in [-0.25, -0.2) is 0 Å². The molecule has 1 heterocycles. The van der Waals surface area contributed by atoms with Crippen LogP contribution in [-0.2, 0) is 4.79 Å². The Labute approximate surface area is 112 Å². The fourth-order valence-corrected chi connectivity index (χ4v) is 2.81. The highest BCUT2D eigenvalue weighted by molar-refractivity contribution is 7.98. The molecule has 0 unspecified atom stereocenters. The van der Waals surface area contributed by atoms with Gasteiger partial charge in [0, 0.05) is 31.1 Å². The molecule has 1 saturated heterocycles. The number of anilines is 1. The molecule has 0 atom stereocenters. The standard InChI is InChI=1S/C14H18N2OS/c1-3-14(17)16-10-8-15(9-11-16)12-6-4-5-7-13(12)18-2/h3-7H,1,8-11H2,2H3. The van der Waals surface area contributed by atoms with E-state index in [1.807, 2.05) is 4.90 Å². The summed E-state index contributed by atoms with van der Waals surface area (Å²) >= 11 is 1.76. The fraction of sp³-hybridized carbons (Fsp3) is 0.357. The van der Waals surface area contributed by atoms with Crippen LogP contribution in [0.5, 0.6) is 0 Å². The smallest absolute Gasteiger partial charge is 0.246 e. The molecule has 3 nitrogen and oxygen atoms in total. The first-order valence-electron chi connectivity index (χ1n) is 6.05. The Morgan fingerprint density at radius 1 is 1.28 bits per heavy atom. The van der Waals surface area contributed by atoms with Crippen molar-refractivity contribution in [1.29, 1.82) is 0 Å². The number of carbonyl (C=O) groups is 1. The number of amides is 1. The van der Waals surface area contributed by atoms with Gasteiger partial charge in [0.2, 0.25) is 5.91 Å². The largest absolute Gasteiger partial charge is 0.367 e. The van der Waals surface area contributed by atoms with Crippen molar-refractivity contribution in [3.8, 4) is 0 Å². The van der Waals surface area contributed by atoms with E-state index >= 15 is 0 Å². The van der Waals surface area contributed by atoms with Crippen molar-refractivity contribution >= 4 is 23.4 Å². The van der Waals surface area contributed by atoms with Gasteiger partial charge in [-0.2, -0.15) is 0 Å². The molecule has 18 heavy (non-hydrogen) atoms. The van der Waals surface area contributed by atoms with Gasteiger partial charge in [-0.1, -0.05) is 18.7 Å². The van der Waals surface area contributed by atoms with E-state index in [4.69, 9.17) is 0 Å². The molecule has 1 fully saturated rings. The first-order chi connectivity index (χ1) is 8.76. The third kappa shape index (κ3) is 2.70. The molecule has 0 radical (unpaired) electrons. The Morgan fingerprint density at radius 2 is 1.94 bits per heavy atom. The highest BCUT2D eigenvalue weighted by Crippen LogP contribution is 2.28. The topological polar surface area (TPSA) is 23.6 Å². The van der Waals surface area contributed by atoms with E-state index in [1.54, 1.807) is 11.8 Å². The minimum absolute atomic E-state index is 0.0350. The van der Waals surface area contributed by atoms with Crippen LogP contribution >= 0.6 is 11.8 Å². The molecule has 1 amide bonds. The van der Waals surface area contributed by atoms with Crippen molar-refractivity contribution in [1.82, 2.24) is 4.90 Å². The van der Waals surface area contributed by atoms with E-state index in [0.29, 0.717) is 0 Å². The summed E-state index contributed by atoms with van der Waals surface area (Å²) < 4.78 is 0. The summed E-state index contributed by atoms with van der Waals surface area (Å²) in [5.74, 6) is 0.0350. The number of nitrogens with zero attached hydrogens (tertiary/aromatic N) is 2. The SMILES string of the molecule is C=CC(=O)N1CCN(c2ccccc2SC)CC1. The zero-order valence-corrected chi connectivity index (χ0v) is 11.4. The summed E-state index contributed by atoms with van der Waals surface area (Å²) in [4.78, 5) is 17.0. The van der Waals surface area contributed by atoms with Crippen molar-refractivity contribution in [2.75, 3.05) is 37.3 Å². The second kappa shape index (κ2) is 5.96. The lowest BCUT2D eigenvalue weighted by Crippen LogP contribution is -2.48. The minimum Gasteiger partial charge on any atom is -0.367 e. The molecule has 0 aliphatic carbocycles. The van der Waals surface area contributed by atoms with Gasteiger partial charge >= 0.3 is 0 Å². The second-order valence-electron chi connectivity index (χ2n) is 4.19. The van der Waals surface area contributed by atoms with Gasteiger partial charge in [-0.15, -0.1) is 11.8 Å². The van der Waals surface area contributed by atoms with Crippen LogP contribution in [0.3, 0.4) is 0 Å². The number of hydrogen-bond acceptors (Lipinski definition) is 3. The van der Waals surface area contributed by atoms with Gasteiger partial charge in [0.1, 0.15) is 0 Å². The molecule has 2 rings (SSSR count). The fourth-order valence-electron chi connectivity index (χ4n) is 2.19. The molecule has 1 aliphatic heterocycles. The van der Waals surface area contributed by atoms with Gasteiger partial charge in [0.15, 0.2) is 0 Å². The third-order valence-electron chi connectivity index (χ3n) is 3.19. The van der Waals surface area contributed by atoms with Gasteiger partial charge < -0.3 is 9.80 Å². The number of para-hydroxylation sites is 1. The van der Waals surface area contributed by atoms with Gasteiger partial charge in [-0.05, 0) is 24.5 Å². The summed E-state index contributed by atoms with van der Waals surface area (Å²) in [5.41, 5.74) is 1.27. The number of hydrogen-bond donors (Lipinski definition) is 0. The third-order valence-corrected chi connectivity index (χ3v) is 3.98. The molecule has 1 aromatic carbocycles. The van der Waals surface area contributed by atoms with Crippen molar-refractivity contribution in [3.63, 3.8) is 0 Å². The number of piperazine rings is 1. The van der Waals surface area contributed by atoms with Crippen molar-refractivity contribution in [2.45, 2.75) is 4.90 Å². The molecule has 0 aromatic heterocycles. The maximum Gasteiger partial charge on any atom is 0.246 e. The van der Waals surface area contributed by atoms with Gasteiger partial charge in [-0.3, -0.25) is 4.79 Å². The van der Waals surface area contributed by atoms with Crippen LogP contribution in [0.25, 0.3) is 0 Å². The van der Waals surface area contributed by atoms with Crippen molar-refractivity contribution in [3.05, 3.63) is 36.9 Å². The van der Waals surface area contributed by atoms with E-state index in [2.05, 4.69) is 42.0 Å². The number of carbonyl (C=O) groups excluding carboxylic acids is 1. The Bertz CT molecular complexity index is 439. The van der Waals surface area contributed by atoms with Crippen molar-refractivity contribution in [2.24, 2.45) is 0 Å². The first-order valence-corrected chi connectivity index (χ1v) is 7.28. The summed E-state index contributed by atoms with van der Waals surface area (Å²) in [5, 5.41) is 0. The van der Waals surface area contributed by atoms with Crippen molar-refractivity contribution < 1.29 is 4.79 Å². The normalized spacial score (nSPS) is 15.6. The molecular weight excluding hydrogens is 244 g/mol. The average molecular weight is 262 g/mol. The van der Waals surface area contributed by atoms with E-state index in [1.165, 1.54) is 16.7 Å². The average Bonchev–Trinajstić information content (AvgIpc) is 2.46. The number of rotatable bonds is 3. The molecular formula is C14H18N2OS. The first kappa shape index (κ1) is 13.0. The molecule has 1 aliphatic rings. The number of benzene rings is 1. The van der Waals surface area contributed by atoms with E-state index < -0.39 is 0 Å². The zero-order valence-electron chi connectivity index (χ0n) is 10.6. The molecule has 4 heteroatoms. The maximum absolute atomic E-state index is 11.5. The Hall–Kier alpha value is -1.42. The Kier molecular flexibility index (Phi) is 4.31. The van der Waals surface area contributed by atoms with Crippen LogP contribution in [0.15, 0.2) is 41.8 Å².